The predicted octanol–water partition coefficient (Wildman–Crippen LogP) is 4.29. The Morgan fingerprint density at radius 3 is 2.06 bits per heavy atom. The molecule has 7 heteroatoms. The molecule has 32 heavy (non-hydrogen) atoms. The number of benzene rings is 3. The molecule has 1 N–H and O–H groups in total. The zero-order valence-electron chi connectivity index (χ0n) is 17.6. The van der Waals surface area contributed by atoms with Gasteiger partial charge in [0, 0.05) is 25.6 Å². The van der Waals surface area contributed by atoms with E-state index >= 15 is 0 Å². The maximum Gasteiger partial charge on any atom is 0.387 e. The minimum atomic E-state index is -2.89. The van der Waals surface area contributed by atoms with Crippen LogP contribution in [0.25, 0.3) is 0 Å². The van der Waals surface area contributed by atoms with Crippen molar-refractivity contribution >= 4 is 11.8 Å². The zero-order chi connectivity index (χ0) is 22.9. The first-order valence-electron chi connectivity index (χ1n) is 10.1. The topological polar surface area (TPSA) is 58.6 Å². The summed E-state index contributed by atoms with van der Waals surface area (Å²) >= 11 is 0. The smallest absolute Gasteiger partial charge is 0.387 e. The van der Waals surface area contributed by atoms with Crippen LogP contribution in [0.3, 0.4) is 0 Å². The number of nitrogens with zero attached hydrogens (tertiary/aromatic N) is 1. The second-order valence-corrected chi connectivity index (χ2v) is 7.30. The molecule has 3 aromatic rings. The Kier molecular flexibility index (Phi) is 7.91. The van der Waals surface area contributed by atoms with E-state index in [1.165, 1.54) is 17.0 Å². The van der Waals surface area contributed by atoms with E-state index in [2.05, 4.69) is 10.1 Å². The normalized spacial score (nSPS) is 11.6. The SMILES string of the molecule is CN(Cc1ccc(OC(F)F)cc1)C(=O)C(Cc1ccccc1)NC(=O)c1ccccc1. The van der Waals surface area contributed by atoms with E-state index in [9.17, 15) is 18.4 Å². The molecule has 0 saturated heterocycles. The lowest BCUT2D eigenvalue weighted by Gasteiger charge is -2.25. The Balaban J connectivity index is 1.72. The molecule has 3 aromatic carbocycles. The maximum atomic E-state index is 13.2. The van der Waals surface area contributed by atoms with E-state index in [1.807, 2.05) is 36.4 Å². The molecule has 0 fully saturated rings. The van der Waals surface area contributed by atoms with Crippen LogP contribution in [-0.2, 0) is 17.8 Å². The van der Waals surface area contributed by atoms with Crippen molar-refractivity contribution in [3.63, 3.8) is 0 Å². The van der Waals surface area contributed by atoms with E-state index in [4.69, 9.17) is 0 Å². The van der Waals surface area contributed by atoms with Crippen LogP contribution in [-0.4, -0.2) is 36.4 Å². The summed E-state index contributed by atoms with van der Waals surface area (Å²) in [6.45, 7) is -2.64. The van der Waals surface area contributed by atoms with Gasteiger partial charge >= 0.3 is 6.61 Å². The number of carbonyl (C=O) groups is 2. The largest absolute Gasteiger partial charge is 0.435 e. The van der Waals surface area contributed by atoms with Crippen LogP contribution in [0.5, 0.6) is 5.75 Å². The number of hydrogen-bond acceptors (Lipinski definition) is 3. The molecule has 0 heterocycles. The molecule has 3 rings (SSSR count). The van der Waals surface area contributed by atoms with Crippen molar-refractivity contribution in [3.8, 4) is 5.75 Å². The van der Waals surface area contributed by atoms with Crippen LogP contribution in [0.4, 0.5) is 8.78 Å². The van der Waals surface area contributed by atoms with Gasteiger partial charge in [-0.05, 0) is 35.4 Å². The number of ether oxygens (including phenoxy) is 1. The molecule has 0 aliphatic heterocycles. The van der Waals surface area contributed by atoms with Gasteiger partial charge in [0.2, 0.25) is 5.91 Å². The number of amides is 2. The number of likely N-dealkylation sites (N-methyl/N-ethyl adjacent to an activating group) is 1. The van der Waals surface area contributed by atoms with Crippen LogP contribution in [0.1, 0.15) is 21.5 Å². The zero-order valence-corrected chi connectivity index (χ0v) is 17.6. The first-order valence-corrected chi connectivity index (χ1v) is 10.1. The van der Waals surface area contributed by atoms with E-state index < -0.39 is 12.7 Å². The van der Waals surface area contributed by atoms with Gasteiger partial charge in [-0.2, -0.15) is 8.78 Å². The van der Waals surface area contributed by atoms with E-state index in [-0.39, 0.29) is 24.1 Å². The van der Waals surface area contributed by atoms with Gasteiger partial charge in [-0.15, -0.1) is 0 Å². The fourth-order valence-electron chi connectivity index (χ4n) is 3.28. The molecule has 0 saturated carbocycles. The fraction of sp³-hybridized carbons (Fsp3) is 0.200. The molecule has 5 nitrogen and oxygen atoms in total. The summed E-state index contributed by atoms with van der Waals surface area (Å²) in [7, 11) is 1.64. The molecule has 0 aliphatic carbocycles. The summed E-state index contributed by atoms with van der Waals surface area (Å²) < 4.78 is 29.0. The number of rotatable bonds is 9. The van der Waals surface area contributed by atoms with Gasteiger partial charge in [0.15, 0.2) is 0 Å². The maximum absolute atomic E-state index is 13.2. The van der Waals surface area contributed by atoms with E-state index in [1.54, 1.807) is 43.4 Å². The first kappa shape index (κ1) is 22.9. The summed E-state index contributed by atoms with van der Waals surface area (Å²) in [5, 5.41) is 2.85. The average Bonchev–Trinajstić information content (AvgIpc) is 2.80. The minimum absolute atomic E-state index is 0.0507. The molecule has 0 radical (unpaired) electrons. The number of hydrogen-bond donors (Lipinski definition) is 1. The second-order valence-electron chi connectivity index (χ2n) is 7.30. The van der Waals surface area contributed by atoms with Crippen LogP contribution in [0, 0.1) is 0 Å². The number of carbonyl (C=O) groups excluding carboxylic acids is 2. The molecule has 166 valence electrons. The summed E-state index contributed by atoms with van der Waals surface area (Å²) in [5.41, 5.74) is 2.13. The summed E-state index contributed by atoms with van der Waals surface area (Å²) in [6.07, 6.45) is 0.337. The minimum Gasteiger partial charge on any atom is -0.435 e. The highest BCUT2D eigenvalue weighted by Gasteiger charge is 2.25. The lowest BCUT2D eigenvalue weighted by atomic mass is 10.0. The molecule has 2 amide bonds. The van der Waals surface area contributed by atoms with Crippen molar-refractivity contribution in [2.45, 2.75) is 25.6 Å². The molecular weight excluding hydrogens is 414 g/mol. The quantitative estimate of drug-likeness (QED) is 0.542. The van der Waals surface area contributed by atoms with Gasteiger partial charge in [-0.1, -0.05) is 60.7 Å². The Morgan fingerprint density at radius 2 is 1.47 bits per heavy atom. The third-order valence-electron chi connectivity index (χ3n) is 4.87. The molecule has 1 atom stereocenters. The van der Waals surface area contributed by atoms with Crippen molar-refractivity contribution < 1.29 is 23.1 Å². The van der Waals surface area contributed by atoms with Crippen molar-refractivity contribution in [3.05, 3.63) is 102 Å². The molecule has 0 aliphatic rings. The molecular formula is C25H24F2N2O3. The number of nitrogens with one attached hydrogen (secondary N) is 1. The van der Waals surface area contributed by atoms with Gasteiger partial charge in [-0.25, -0.2) is 0 Å². The Labute approximate surface area is 185 Å². The van der Waals surface area contributed by atoms with Gasteiger partial charge < -0.3 is 15.0 Å². The van der Waals surface area contributed by atoms with Gasteiger partial charge in [0.1, 0.15) is 11.8 Å². The highest BCUT2D eigenvalue weighted by molar-refractivity contribution is 5.97. The van der Waals surface area contributed by atoms with Crippen molar-refractivity contribution in [1.29, 1.82) is 0 Å². The molecule has 0 spiro atoms. The van der Waals surface area contributed by atoms with Crippen molar-refractivity contribution in [2.75, 3.05) is 7.05 Å². The highest BCUT2D eigenvalue weighted by Crippen LogP contribution is 2.16. The highest BCUT2D eigenvalue weighted by atomic mass is 19.3. The van der Waals surface area contributed by atoms with Crippen LogP contribution < -0.4 is 10.1 Å². The molecule has 0 bridgehead atoms. The second kappa shape index (κ2) is 11.0. The molecule has 1 unspecified atom stereocenters. The van der Waals surface area contributed by atoms with Crippen LogP contribution in [0.15, 0.2) is 84.9 Å². The summed E-state index contributed by atoms with van der Waals surface area (Å²) in [5.74, 6) is -0.539. The standard InChI is InChI=1S/C25H24F2N2O3/c1-29(17-19-12-14-21(15-13-19)32-25(26)27)24(31)22(16-18-8-4-2-5-9-18)28-23(30)20-10-6-3-7-11-20/h2-15,22,25H,16-17H2,1H3,(H,28,30). The van der Waals surface area contributed by atoms with Crippen LogP contribution >= 0.6 is 0 Å². The van der Waals surface area contributed by atoms with E-state index in [0.29, 0.717) is 12.0 Å². The monoisotopic (exact) mass is 438 g/mol. The lowest BCUT2D eigenvalue weighted by molar-refractivity contribution is -0.132. The van der Waals surface area contributed by atoms with Gasteiger partial charge in [0.25, 0.3) is 5.91 Å². The fourth-order valence-corrected chi connectivity index (χ4v) is 3.28. The lowest BCUT2D eigenvalue weighted by Crippen LogP contribution is -2.48. The Bertz CT molecular complexity index is 1010. The average molecular weight is 438 g/mol. The van der Waals surface area contributed by atoms with Gasteiger partial charge in [0.05, 0.1) is 0 Å². The third kappa shape index (κ3) is 6.63. The van der Waals surface area contributed by atoms with Crippen molar-refractivity contribution in [2.24, 2.45) is 0 Å². The number of alkyl halides is 2. The number of halogens is 2. The van der Waals surface area contributed by atoms with E-state index in [0.717, 1.165) is 11.1 Å². The summed E-state index contributed by atoms with van der Waals surface area (Å²) in [4.78, 5) is 27.4. The molecule has 0 aromatic heterocycles. The van der Waals surface area contributed by atoms with Gasteiger partial charge in [-0.3, -0.25) is 9.59 Å². The summed E-state index contributed by atoms with van der Waals surface area (Å²) in [6, 6.07) is 23.5. The Hall–Kier alpha value is -3.74. The Morgan fingerprint density at radius 1 is 0.875 bits per heavy atom. The third-order valence-corrected chi connectivity index (χ3v) is 4.87. The first-order chi connectivity index (χ1) is 15.4. The predicted molar refractivity (Wildman–Crippen MR) is 117 cm³/mol. The van der Waals surface area contributed by atoms with Crippen molar-refractivity contribution in [1.82, 2.24) is 10.2 Å². The van der Waals surface area contributed by atoms with Crippen LogP contribution in [0.2, 0.25) is 0 Å².